The molecule has 0 unspecified atom stereocenters. The third-order valence-electron chi connectivity index (χ3n) is 6.01. The number of anilines is 2. The second-order valence-corrected chi connectivity index (χ2v) is 9.38. The van der Waals surface area contributed by atoms with E-state index in [0.717, 1.165) is 36.0 Å². The van der Waals surface area contributed by atoms with E-state index >= 15 is 0 Å². The van der Waals surface area contributed by atoms with Crippen LogP contribution >= 0.6 is 11.8 Å². The number of carbonyl (C=O) groups is 1. The van der Waals surface area contributed by atoms with Gasteiger partial charge >= 0.3 is 0 Å². The Balaban J connectivity index is 1.41. The normalized spacial score (nSPS) is 14.0. The second-order valence-electron chi connectivity index (χ2n) is 8.26. The van der Waals surface area contributed by atoms with Crippen LogP contribution in [0.4, 0.5) is 11.4 Å². The average Bonchev–Trinajstić information content (AvgIpc) is 2.86. The first-order valence-corrected chi connectivity index (χ1v) is 12.2. The number of nitrogens with zero attached hydrogens (tertiary/aromatic N) is 3. The Morgan fingerprint density at radius 3 is 2.38 bits per heavy atom. The van der Waals surface area contributed by atoms with Gasteiger partial charge in [-0.25, -0.2) is 0 Å². The molecule has 34 heavy (non-hydrogen) atoms. The fraction of sp³-hybridized carbons (Fsp3) is 0.214. The van der Waals surface area contributed by atoms with Crippen LogP contribution in [0, 0.1) is 25.2 Å². The van der Waals surface area contributed by atoms with Crippen molar-refractivity contribution >= 4 is 29.0 Å². The largest absolute Gasteiger partial charge is 0.373 e. The molecule has 0 aromatic heterocycles. The van der Waals surface area contributed by atoms with E-state index in [1.54, 1.807) is 18.0 Å². The molecule has 1 aliphatic rings. The summed E-state index contributed by atoms with van der Waals surface area (Å²) in [5, 5.41) is 12.6. The summed E-state index contributed by atoms with van der Waals surface area (Å²) in [4.78, 5) is 19.4. The predicted molar refractivity (Wildman–Crippen MR) is 139 cm³/mol. The smallest absolute Gasteiger partial charge is 0.267 e. The number of aryl methyl sites for hydroxylation is 1. The van der Waals surface area contributed by atoms with Crippen molar-refractivity contribution in [3.63, 3.8) is 0 Å². The standard InChI is InChI=1S/C28H28N4OS/c1-21-9-8-13-26(22(21)2)32-17-15-31(16-18-32)20-23(19-29)28(33)30-25-12-6-7-14-27(25)34-24-10-4-3-5-11-24/h3-14,20H,15-18H2,1-2H3,(H,30,33)/b23-20-. The van der Waals surface area contributed by atoms with Gasteiger partial charge in [0.15, 0.2) is 0 Å². The van der Waals surface area contributed by atoms with Gasteiger partial charge in [0.2, 0.25) is 0 Å². The zero-order chi connectivity index (χ0) is 23.9. The molecule has 1 aliphatic heterocycles. The van der Waals surface area contributed by atoms with Gasteiger partial charge in [0.25, 0.3) is 5.91 Å². The summed E-state index contributed by atoms with van der Waals surface area (Å²) in [6.45, 7) is 7.49. The maximum absolute atomic E-state index is 12.9. The van der Waals surface area contributed by atoms with Gasteiger partial charge in [-0.3, -0.25) is 4.79 Å². The number of carbonyl (C=O) groups excluding carboxylic acids is 1. The van der Waals surface area contributed by atoms with Gasteiger partial charge in [0.1, 0.15) is 11.6 Å². The minimum atomic E-state index is -0.388. The zero-order valence-corrected chi connectivity index (χ0v) is 20.3. The molecule has 6 heteroatoms. The lowest BCUT2D eigenvalue weighted by Crippen LogP contribution is -2.44. The molecular weight excluding hydrogens is 440 g/mol. The summed E-state index contributed by atoms with van der Waals surface area (Å²) in [6.07, 6.45) is 1.70. The van der Waals surface area contributed by atoms with Gasteiger partial charge in [-0.2, -0.15) is 5.26 Å². The van der Waals surface area contributed by atoms with Crippen LogP contribution in [-0.2, 0) is 4.79 Å². The molecule has 0 atom stereocenters. The Kier molecular flexibility index (Phi) is 7.56. The van der Waals surface area contributed by atoms with E-state index in [1.165, 1.54) is 16.8 Å². The minimum absolute atomic E-state index is 0.111. The molecule has 4 rings (SSSR count). The van der Waals surface area contributed by atoms with Crippen LogP contribution in [0.15, 0.2) is 94.4 Å². The van der Waals surface area contributed by atoms with Gasteiger partial charge in [-0.15, -0.1) is 0 Å². The van der Waals surface area contributed by atoms with Gasteiger partial charge in [-0.1, -0.05) is 54.2 Å². The highest BCUT2D eigenvalue weighted by molar-refractivity contribution is 7.99. The molecule has 3 aromatic carbocycles. The van der Waals surface area contributed by atoms with E-state index in [9.17, 15) is 10.1 Å². The van der Waals surface area contributed by atoms with Gasteiger partial charge in [-0.05, 0) is 55.3 Å². The molecule has 1 saturated heterocycles. The Morgan fingerprint density at radius 2 is 1.65 bits per heavy atom. The minimum Gasteiger partial charge on any atom is -0.373 e. The van der Waals surface area contributed by atoms with Crippen molar-refractivity contribution in [2.24, 2.45) is 0 Å². The number of hydrogen-bond acceptors (Lipinski definition) is 5. The lowest BCUT2D eigenvalue weighted by molar-refractivity contribution is -0.112. The van der Waals surface area contributed by atoms with Crippen molar-refractivity contribution in [2.75, 3.05) is 36.4 Å². The van der Waals surface area contributed by atoms with Crippen molar-refractivity contribution in [1.82, 2.24) is 4.90 Å². The van der Waals surface area contributed by atoms with Gasteiger partial charge in [0.05, 0.1) is 5.69 Å². The van der Waals surface area contributed by atoms with Gasteiger partial charge < -0.3 is 15.1 Å². The average molecular weight is 469 g/mol. The van der Waals surface area contributed by atoms with Crippen LogP contribution < -0.4 is 10.2 Å². The monoisotopic (exact) mass is 468 g/mol. The Labute approximate surface area is 205 Å². The van der Waals surface area contributed by atoms with Crippen LogP contribution in [0.25, 0.3) is 0 Å². The van der Waals surface area contributed by atoms with Crippen LogP contribution in [-0.4, -0.2) is 37.0 Å². The molecule has 5 nitrogen and oxygen atoms in total. The van der Waals surface area contributed by atoms with E-state index in [0.29, 0.717) is 5.69 Å². The number of benzene rings is 3. The highest BCUT2D eigenvalue weighted by Crippen LogP contribution is 2.33. The highest BCUT2D eigenvalue weighted by Gasteiger charge is 2.19. The van der Waals surface area contributed by atoms with Crippen molar-refractivity contribution in [3.8, 4) is 6.07 Å². The number of hydrogen-bond donors (Lipinski definition) is 1. The summed E-state index contributed by atoms with van der Waals surface area (Å²) < 4.78 is 0. The summed E-state index contributed by atoms with van der Waals surface area (Å²) in [6, 6.07) is 26.1. The molecule has 1 heterocycles. The van der Waals surface area contributed by atoms with E-state index < -0.39 is 0 Å². The predicted octanol–water partition coefficient (Wildman–Crippen LogP) is 5.62. The van der Waals surface area contributed by atoms with Crippen LogP contribution in [0.3, 0.4) is 0 Å². The number of amides is 1. The maximum Gasteiger partial charge on any atom is 0.267 e. The molecule has 0 saturated carbocycles. The van der Waals surface area contributed by atoms with Crippen LogP contribution in [0.1, 0.15) is 11.1 Å². The van der Waals surface area contributed by atoms with E-state index in [-0.39, 0.29) is 11.5 Å². The second kappa shape index (κ2) is 11.0. The SMILES string of the molecule is Cc1cccc(N2CCN(/C=C(/C#N)C(=O)Nc3ccccc3Sc3ccccc3)CC2)c1C. The number of rotatable bonds is 6. The van der Waals surface area contributed by atoms with Crippen LogP contribution in [0.5, 0.6) is 0 Å². The molecule has 1 amide bonds. The summed E-state index contributed by atoms with van der Waals surface area (Å²) in [7, 11) is 0. The molecule has 0 aliphatic carbocycles. The number of nitriles is 1. The third-order valence-corrected chi connectivity index (χ3v) is 7.10. The van der Waals surface area contributed by atoms with E-state index in [4.69, 9.17) is 0 Å². The summed E-state index contributed by atoms with van der Waals surface area (Å²) >= 11 is 1.58. The molecule has 0 radical (unpaired) electrons. The Morgan fingerprint density at radius 1 is 0.941 bits per heavy atom. The van der Waals surface area contributed by atoms with E-state index in [1.807, 2.05) is 54.6 Å². The first-order valence-electron chi connectivity index (χ1n) is 11.4. The Hall–Kier alpha value is -3.69. The molecule has 1 N–H and O–H groups in total. The van der Waals surface area contributed by atoms with Crippen molar-refractivity contribution in [1.29, 1.82) is 5.26 Å². The lowest BCUT2D eigenvalue weighted by Gasteiger charge is -2.36. The first kappa shape index (κ1) is 23.5. The molecule has 3 aromatic rings. The number of para-hydroxylation sites is 1. The van der Waals surface area contributed by atoms with Crippen molar-refractivity contribution in [3.05, 3.63) is 95.7 Å². The van der Waals surface area contributed by atoms with Crippen molar-refractivity contribution < 1.29 is 4.79 Å². The van der Waals surface area contributed by atoms with Gasteiger partial charge in [0, 0.05) is 47.9 Å². The van der Waals surface area contributed by atoms with Crippen LogP contribution in [0.2, 0.25) is 0 Å². The topological polar surface area (TPSA) is 59.4 Å². The molecule has 1 fully saturated rings. The molecule has 0 bridgehead atoms. The summed E-state index contributed by atoms with van der Waals surface area (Å²) in [5.41, 5.74) is 4.65. The van der Waals surface area contributed by atoms with E-state index in [2.05, 4.69) is 53.2 Å². The molecule has 172 valence electrons. The molecular formula is C28H28N4OS. The highest BCUT2D eigenvalue weighted by atomic mass is 32.2. The Bertz CT molecular complexity index is 1220. The zero-order valence-electron chi connectivity index (χ0n) is 19.5. The number of nitrogens with one attached hydrogen (secondary N) is 1. The first-order chi connectivity index (χ1) is 16.5. The maximum atomic E-state index is 12.9. The molecule has 0 spiro atoms. The third kappa shape index (κ3) is 5.62. The lowest BCUT2D eigenvalue weighted by atomic mass is 10.1. The van der Waals surface area contributed by atoms with Crippen molar-refractivity contribution in [2.45, 2.75) is 23.6 Å². The fourth-order valence-corrected chi connectivity index (χ4v) is 4.88. The summed E-state index contributed by atoms with van der Waals surface area (Å²) in [5.74, 6) is -0.388. The fourth-order valence-electron chi connectivity index (χ4n) is 3.96. The quantitative estimate of drug-likeness (QED) is 0.376. The number of piperazine rings is 1.